The Labute approximate surface area is 105 Å². The van der Waals surface area contributed by atoms with Crippen molar-refractivity contribution in [1.82, 2.24) is 0 Å². The van der Waals surface area contributed by atoms with Crippen LogP contribution in [0.3, 0.4) is 0 Å². The Morgan fingerprint density at radius 3 is 2.59 bits per heavy atom. The van der Waals surface area contributed by atoms with Crippen molar-refractivity contribution >= 4 is 5.57 Å². The molecule has 0 saturated heterocycles. The van der Waals surface area contributed by atoms with E-state index in [9.17, 15) is 0 Å². The van der Waals surface area contributed by atoms with Crippen molar-refractivity contribution in [2.24, 2.45) is 0 Å². The quantitative estimate of drug-likeness (QED) is 0.540. The lowest BCUT2D eigenvalue weighted by Gasteiger charge is -2.10. The zero-order chi connectivity index (χ0) is 12.8. The molecule has 0 spiro atoms. The Kier molecular flexibility index (Phi) is 5.02. The molecule has 0 bridgehead atoms. The van der Waals surface area contributed by atoms with Crippen molar-refractivity contribution in [3.05, 3.63) is 52.8 Å². The Bertz CT molecular complexity index is 439. The molecule has 1 aromatic carbocycles. The topological polar surface area (TPSA) is 9.23 Å². The minimum atomic E-state index is 0.705. The molecule has 0 saturated carbocycles. The van der Waals surface area contributed by atoms with Gasteiger partial charge in [-0.05, 0) is 69.0 Å². The van der Waals surface area contributed by atoms with E-state index < -0.39 is 0 Å². The number of hydrogen-bond donors (Lipinski definition) is 0. The third-order valence-electron chi connectivity index (χ3n) is 2.98. The van der Waals surface area contributed by atoms with Gasteiger partial charge in [0.05, 0.1) is 6.61 Å². The van der Waals surface area contributed by atoms with Gasteiger partial charge in [0.15, 0.2) is 0 Å². The van der Waals surface area contributed by atoms with E-state index in [4.69, 9.17) is 4.74 Å². The number of ether oxygens (including phenoxy) is 1. The van der Waals surface area contributed by atoms with Gasteiger partial charge < -0.3 is 4.74 Å². The first kappa shape index (κ1) is 13.6. The molecule has 0 fully saturated rings. The van der Waals surface area contributed by atoms with Crippen molar-refractivity contribution in [2.45, 2.75) is 34.6 Å². The second kappa shape index (κ2) is 6.29. The standard InChI is InChI=1S/C16H22O/c1-6-15(17-7-2)11-13(4)16-10-8-9-12(3)14(16)5/h6,8-11H,7H2,1-5H3/b13-11-,15-6?. The predicted molar refractivity (Wildman–Crippen MR) is 75.0 cm³/mol. The van der Waals surface area contributed by atoms with Crippen LogP contribution in [0.4, 0.5) is 0 Å². The van der Waals surface area contributed by atoms with Crippen LogP contribution < -0.4 is 0 Å². The van der Waals surface area contributed by atoms with E-state index in [-0.39, 0.29) is 0 Å². The molecular formula is C16H22O. The van der Waals surface area contributed by atoms with Gasteiger partial charge in [-0.3, -0.25) is 0 Å². The summed E-state index contributed by atoms with van der Waals surface area (Å²) < 4.78 is 5.54. The second-order valence-electron chi connectivity index (χ2n) is 4.20. The number of hydrogen-bond acceptors (Lipinski definition) is 1. The summed E-state index contributed by atoms with van der Waals surface area (Å²) in [5, 5.41) is 0. The molecule has 1 heteroatoms. The molecule has 92 valence electrons. The SMILES string of the molecule is CC=C(/C=C(/C)c1cccc(C)c1C)OCC. The van der Waals surface area contributed by atoms with Crippen LogP contribution >= 0.6 is 0 Å². The molecule has 0 radical (unpaired) electrons. The average molecular weight is 230 g/mol. The summed E-state index contributed by atoms with van der Waals surface area (Å²) in [4.78, 5) is 0. The van der Waals surface area contributed by atoms with Crippen LogP contribution in [0, 0.1) is 13.8 Å². The van der Waals surface area contributed by atoms with Gasteiger partial charge in [0.1, 0.15) is 5.76 Å². The Morgan fingerprint density at radius 1 is 1.29 bits per heavy atom. The minimum absolute atomic E-state index is 0.705. The molecule has 0 N–H and O–H groups in total. The van der Waals surface area contributed by atoms with E-state index >= 15 is 0 Å². The highest BCUT2D eigenvalue weighted by atomic mass is 16.5. The van der Waals surface area contributed by atoms with Crippen molar-refractivity contribution in [3.8, 4) is 0 Å². The van der Waals surface area contributed by atoms with Crippen molar-refractivity contribution in [3.63, 3.8) is 0 Å². The van der Waals surface area contributed by atoms with Crippen LogP contribution in [0.1, 0.15) is 37.5 Å². The zero-order valence-corrected chi connectivity index (χ0v) is 11.5. The third kappa shape index (κ3) is 3.48. The van der Waals surface area contributed by atoms with Crippen molar-refractivity contribution in [2.75, 3.05) is 6.61 Å². The van der Waals surface area contributed by atoms with Crippen molar-refractivity contribution in [1.29, 1.82) is 0 Å². The van der Waals surface area contributed by atoms with Gasteiger partial charge in [-0.1, -0.05) is 18.2 Å². The maximum Gasteiger partial charge on any atom is 0.115 e. The molecule has 0 heterocycles. The summed E-state index contributed by atoms with van der Waals surface area (Å²) in [6.07, 6.45) is 4.10. The van der Waals surface area contributed by atoms with E-state index in [0.717, 1.165) is 5.76 Å². The lowest BCUT2D eigenvalue weighted by molar-refractivity contribution is 0.242. The van der Waals surface area contributed by atoms with Gasteiger partial charge in [-0.2, -0.15) is 0 Å². The van der Waals surface area contributed by atoms with Gasteiger partial charge >= 0.3 is 0 Å². The maximum absolute atomic E-state index is 5.54. The first-order valence-corrected chi connectivity index (χ1v) is 6.14. The Balaban J connectivity index is 3.07. The monoisotopic (exact) mass is 230 g/mol. The van der Waals surface area contributed by atoms with E-state index in [2.05, 4.69) is 45.0 Å². The van der Waals surface area contributed by atoms with Crippen molar-refractivity contribution < 1.29 is 4.74 Å². The molecule has 0 unspecified atom stereocenters. The Hall–Kier alpha value is -1.50. The fourth-order valence-electron chi connectivity index (χ4n) is 1.84. The average Bonchev–Trinajstić information content (AvgIpc) is 2.31. The second-order valence-corrected chi connectivity index (χ2v) is 4.20. The lowest BCUT2D eigenvalue weighted by atomic mass is 9.97. The summed E-state index contributed by atoms with van der Waals surface area (Å²) in [7, 11) is 0. The summed E-state index contributed by atoms with van der Waals surface area (Å²) >= 11 is 0. The minimum Gasteiger partial charge on any atom is -0.494 e. The first-order chi connectivity index (χ1) is 8.10. The molecule has 0 aliphatic carbocycles. The largest absolute Gasteiger partial charge is 0.494 e. The van der Waals surface area contributed by atoms with Crippen LogP contribution in [-0.2, 0) is 4.74 Å². The Morgan fingerprint density at radius 2 is 2.00 bits per heavy atom. The fourth-order valence-corrected chi connectivity index (χ4v) is 1.84. The smallest absolute Gasteiger partial charge is 0.115 e. The van der Waals surface area contributed by atoms with Crippen LogP contribution in [-0.4, -0.2) is 6.61 Å². The summed E-state index contributed by atoms with van der Waals surface area (Å²) in [5.74, 6) is 0.936. The van der Waals surface area contributed by atoms with Crippen LogP contribution in [0.15, 0.2) is 36.1 Å². The summed E-state index contributed by atoms with van der Waals surface area (Å²) in [6, 6.07) is 6.41. The first-order valence-electron chi connectivity index (χ1n) is 6.14. The number of rotatable bonds is 4. The lowest BCUT2D eigenvalue weighted by Crippen LogP contribution is -1.92. The molecule has 0 aliphatic rings. The van der Waals surface area contributed by atoms with Gasteiger partial charge in [0, 0.05) is 0 Å². The van der Waals surface area contributed by atoms with Crippen LogP contribution in [0.2, 0.25) is 0 Å². The van der Waals surface area contributed by atoms with Gasteiger partial charge in [0.2, 0.25) is 0 Å². The highest BCUT2D eigenvalue weighted by Crippen LogP contribution is 2.22. The third-order valence-corrected chi connectivity index (χ3v) is 2.98. The highest BCUT2D eigenvalue weighted by molar-refractivity contribution is 5.69. The zero-order valence-electron chi connectivity index (χ0n) is 11.5. The van der Waals surface area contributed by atoms with Gasteiger partial charge in [-0.15, -0.1) is 0 Å². The number of benzene rings is 1. The molecule has 17 heavy (non-hydrogen) atoms. The van der Waals surface area contributed by atoms with E-state index in [1.54, 1.807) is 0 Å². The highest BCUT2D eigenvalue weighted by Gasteiger charge is 2.03. The van der Waals surface area contributed by atoms with E-state index in [1.807, 2.05) is 19.9 Å². The molecule has 1 rings (SSSR count). The number of aryl methyl sites for hydroxylation is 1. The summed E-state index contributed by atoms with van der Waals surface area (Å²) in [6.45, 7) is 11.1. The van der Waals surface area contributed by atoms with Crippen LogP contribution in [0.5, 0.6) is 0 Å². The predicted octanol–water partition coefficient (Wildman–Crippen LogP) is 4.65. The van der Waals surface area contributed by atoms with Gasteiger partial charge in [0.25, 0.3) is 0 Å². The fraction of sp³-hybridized carbons (Fsp3) is 0.375. The van der Waals surface area contributed by atoms with E-state index in [1.165, 1.54) is 22.3 Å². The molecule has 0 atom stereocenters. The molecule has 0 aliphatic heterocycles. The molecule has 0 aromatic heterocycles. The van der Waals surface area contributed by atoms with Crippen LogP contribution in [0.25, 0.3) is 5.57 Å². The van der Waals surface area contributed by atoms with E-state index in [0.29, 0.717) is 6.61 Å². The molecule has 0 amide bonds. The molecule has 1 aromatic rings. The number of allylic oxidation sites excluding steroid dienone is 3. The normalized spacial score (nSPS) is 12.8. The maximum atomic E-state index is 5.54. The summed E-state index contributed by atoms with van der Waals surface area (Å²) in [5.41, 5.74) is 5.21. The van der Waals surface area contributed by atoms with Gasteiger partial charge in [-0.25, -0.2) is 0 Å². The molecule has 1 nitrogen and oxygen atoms in total. The molecular weight excluding hydrogens is 208 g/mol.